The van der Waals surface area contributed by atoms with Crippen LogP contribution in [0.3, 0.4) is 0 Å². The summed E-state index contributed by atoms with van der Waals surface area (Å²) < 4.78 is 2.30. The van der Waals surface area contributed by atoms with E-state index >= 15 is 0 Å². The van der Waals surface area contributed by atoms with Gasteiger partial charge < -0.3 is 4.57 Å². The van der Waals surface area contributed by atoms with E-state index in [0.29, 0.717) is 6.04 Å². The first kappa shape index (κ1) is 13.9. The number of alkyl halides is 1. The van der Waals surface area contributed by atoms with E-state index in [9.17, 15) is 0 Å². The largest absolute Gasteiger partial charge is 0.308 e. The highest BCUT2D eigenvalue weighted by Gasteiger charge is 2.29. The first-order valence-corrected chi connectivity index (χ1v) is 7.96. The molecule has 1 fully saturated rings. The van der Waals surface area contributed by atoms with Crippen LogP contribution in [-0.4, -0.2) is 14.5 Å². The Bertz CT molecular complexity index is 595. The maximum absolute atomic E-state index is 6.36. The lowest BCUT2D eigenvalue weighted by Crippen LogP contribution is -2.24. The molecule has 0 saturated heterocycles. The van der Waals surface area contributed by atoms with E-state index in [1.807, 2.05) is 25.3 Å². The number of hydrogen-bond acceptors (Lipinski definition) is 2. The van der Waals surface area contributed by atoms with E-state index in [1.54, 1.807) is 0 Å². The second-order valence-corrected chi connectivity index (χ2v) is 7.03. The number of aromatic nitrogens is 3. The van der Waals surface area contributed by atoms with Crippen LogP contribution in [-0.2, 0) is 0 Å². The highest BCUT2D eigenvalue weighted by Crippen LogP contribution is 2.39. The molecule has 3 nitrogen and oxygen atoms in total. The predicted molar refractivity (Wildman–Crippen MR) is 83.0 cm³/mol. The Labute approximate surface area is 125 Å². The zero-order chi connectivity index (χ0) is 14.3. The van der Waals surface area contributed by atoms with Crippen molar-refractivity contribution in [2.45, 2.75) is 51.5 Å². The van der Waals surface area contributed by atoms with Crippen molar-refractivity contribution >= 4 is 22.8 Å². The number of nitrogens with zero attached hydrogens (tertiary/aromatic N) is 3. The summed E-state index contributed by atoms with van der Waals surface area (Å²) in [4.78, 5) is 9.26. The van der Waals surface area contributed by atoms with Gasteiger partial charge >= 0.3 is 0 Å². The van der Waals surface area contributed by atoms with Gasteiger partial charge in [0.2, 0.25) is 0 Å². The number of fused-ring (bicyclic) bond motifs is 1. The van der Waals surface area contributed by atoms with Crippen molar-refractivity contribution < 1.29 is 0 Å². The van der Waals surface area contributed by atoms with Gasteiger partial charge in [-0.25, -0.2) is 9.97 Å². The van der Waals surface area contributed by atoms with E-state index in [2.05, 4.69) is 23.4 Å². The smallest absolute Gasteiger partial charge is 0.160 e. The van der Waals surface area contributed by atoms with Gasteiger partial charge in [-0.3, -0.25) is 0 Å². The number of imidazole rings is 1. The van der Waals surface area contributed by atoms with Gasteiger partial charge in [-0.2, -0.15) is 0 Å². The summed E-state index contributed by atoms with van der Waals surface area (Å²) in [6.45, 7) is 6.69. The van der Waals surface area contributed by atoms with Gasteiger partial charge in [0.15, 0.2) is 5.65 Å². The number of hydrogen-bond donors (Lipinski definition) is 0. The molecule has 1 aliphatic carbocycles. The molecule has 2 heterocycles. The topological polar surface area (TPSA) is 30.7 Å². The molecule has 3 rings (SSSR count). The summed E-state index contributed by atoms with van der Waals surface area (Å²) in [5, 5.41) is -0.0864. The number of halogens is 1. The normalized spacial score (nSPS) is 28.7. The van der Waals surface area contributed by atoms with E-state index in [0.717, 1.165) is 28.8 Å². The molecule has 4 heteroatoms. The fraction of sp³-hybridized carbons (Fsp3) is 0.625. The maximum Gasteiger partial charge on any atom is 0.160 e. The molecule has 2 aromatic rings. The molecule has 0 spiro atoms. The minimum atomic E-state index is -0.0864. The molecule has 108 valence electrons. The highest BCUT2D eigenvalue weighted by atomic mass is 35.5. The molecule has 0 bridgehead atoms. The summed E-state index contributed by atoms with van der Waals surface area (Å²) in [5.41, 5.74) is 1.95. The molecule has 3 unspecified atom stereocenters. The Hall–Kier alpha value is -1.09. The Balaban J connectivity index is 2.11. The lowest BCUT2D eigenvalue weighted by Gasteiger charge is -2.33. The average molecular weight is 292 g/mol. The molecule has 2 aromatic heterocycles. The molecule has 0 radical (unpaired) electrons. The maximum atomic E-state index is 6.36. The Morgan fingerprint density at radius 3 is 2.60 bits per heavy atom. The average Bonchev–Trinajstić information content (AvgIpc) is 2.77. The Kier molecular flexibility index (Phi) is 3.72. The fourth-order valence-electron chi connectivity index (χ4n) is 3.70. The van der Waals surface area contributed by atoms with Crippen molar-refractivity contribution in [3.63, 3.8) is 0 Å². The predicted octanol–water partition coefficient (Wildman–Crippen LogP) is 4.73. The van der Waals surface area contributed by atoms with Gasteiger partial charge in [-0.15, -0.1) is 11.6 Å². The number of rotatable bonds is 2. The minimum absolute atomic E-state index is 0.0864. The monoisotopic (exact) mass is 291 g/mol. The van der Waals surface area contributed by atoms with Gasteiger partial charge in [-0.05, 0) is 50.2 Å². The highest BCUT2D eigenvalue weighted by molar-refractivity contribution is 6.20. The van der Waals surface area contributed by atoms with Crippen LogP contribution in [0.1, 0.15) is 57.3 Å². The van der Waals surface area contributed by atoms with Gasteiger partial charge in [0.1, 0.15) is 11.3 Å². The lowest BCUT2D eigenvalue weighted by atomic mass is 9.80. The van der Waals surface area contributed by atoms with Crippen LogP contribution in [0.4, 0.5) is 0 Å². The molecular formula is C16H22ClN3. The molecule has 0 aliphatic heterocycles. The SMILES string of the molecule is CC1CC(C)CC(n2c(C(C)Cl)nc3cccnc32)C1. The van der Waals surface area contributed by atoms with Crippen LogP contribution < -0.4 is 0 Å². The zero-order valence-electron chi connectivity index (χ0n) is 12.4. The molecular weight excluding hydrogens is 270 g/mol. The second-order valence-electron chi connectivity index (χ2n) is 6.37. The third kappa shape index (κ3) is 2.44. The molecule has 20 heavy (non-hydrogen) atoms. The summed E-state index contributed by atoms with van der Waals surface area (Å²) in [7, 11) is 0. The Morgan fingerprint density at radius 1 is 1.25 bits per heavy atom. The van der Waals surface area contributed by atoms with Gasteiger partial charge in [0.25, 0.3) is 0 Å². The molecule has 1 saturated carbocycles. The molecule has 0 N–H and O–H groups in total. The zero-order valence-corrected chi connectivity index (χ0v) is 13.1. The third-order valence-electron chi connectivity index (χ3n) is 4.35. The standard InChI is InChI=1S/C16H22ClN3/c1-10-7-11(2)9-13(8-10)20-15(12(3)17)19-14-5-4-6-18-16(14)20/h4-6,10-13H,7-9H2,1-3H3. The van der Waals surface area contributed by atoms with Crippen molar-refractivity contribution in [1.29, 1.82) is 0 Å². The van der Waals surface area contributed by atoms with Gasteiger partial charge in [-0.1, -0.05) is 13.8 Å². The van der Waals surface area contributed by atoms with Gasteiger partial charge in [0.05, 0.1) is 5.38 Å². The van der Waals surface area contributed by atoms with E-state index < -0.39 is 0 Å². The fourth-order valence-corrected chi connectivity index (χ4v) is 3.86. The molecule has 1 aliphatic rings. The summed E-state index contributed by atoms with van der Waals surface area (Å²) in [6, 6.07) is 4.44. The molecule has 3 atom stereocenters. The van der Waals surface area contributed by atoms with Crippen molar-refractivity contribution in [3.05, 3.63) is 24.2 Å². The van der Waals surface area contributed by atoms with E-state index in [-0.39, 0.29) is 5.38 Å². The van der Waals surface area contributed by atoms with Crippen molar-refractivity contribution in [2.75, 3.05) is 0 Å². The van der Waals surface area contributed by atoms with E-state index in [1.165, 1.54) is 19.3 Å². The van der Waals surface area contributed by atoms with Crippen molar-refractivity contribution in [1.82, 2.24) is 14.5 Å². The number of pyridine rings is 1. The van der Waals surface area contributed by atoms with Gasteiger partial charge in [0, 0.05) is 12.2 Å². The summed E-state index contributed by atoms with van der Waals surface area (Å²) in [5.74, 6) is 2.47. The first-order valence-electron chi connectivity index (χ1n) is 7.53. The van der Waals surface area contributed by atoms with E-state index in [4.69, 9.17) is 16.6 Å². The van der Waals surface area contributed by atoms with Crippen molar-refractivity contribution in [2.24, 2.45) is 11.8 Å². The molecule has 0 aromatic carbocycles. The first-order chi connectivity index (χ1) is 9.56. The summed E-state index contributed by atoms with van der Waals surface area (Å²) in [6.07, 6.45) is 5.56. The van der Waals surface area contributed by atoms with Crippen LogP contribution in [0.25, 0.3) is 11.2 Å². The van der Waals surface area contributed by atoms with Crippen LogP contribution >= 0.6 is 11.6 Å². The lowest BCUT2D eigenvalue weighted by molar-refractivity contribution is 0.221. The van der Waals surface area contributed by atoms with Crippen LogP contribution in [0, 0.1) is 11.8 Å². The second kappa shape index (κ2) is 5.36. The van der Waals surface area contributed by atoms with Crippen molar-refractivity contribution in [3.8, 4) is 0 Å². The minimum Gasteiger partial charge on any atom is -0.308 e. The molecule has 0 amide bonds. The Morgan fingerprint density at radius 2 is 1.95 bits per heavy atom. The quantitative estimate of drug-likeness (QED) is 0.749. The third-order valence-corrected chi connectivity index (χ3v) is 4.55. The summed E-state index contributed by atoms with van der Waals surface area (Å²) >= 11 is 6.36. The van der Waals surface area contributed by atoms with Crippen LogP contribution in [0.15, 0.2) is 18.3 Å². The van der Waals surface area contributed by atoms with Crippen LogP contribution in [0.5, 0.6) is 0 Å². The van der Waals surface area contributed by atoms with Crippen LogP contribution in [0.2, 0.25) is 0 Å².